The van der Waals surface area contributed by atoms with E-state index in [9.17, 15) is 26.7 Å². The Bertz CT molecular complexity index is 1750. The zero-order valence-electron chi connectivity index (χ0n) is 20.2. The smallest absolute Gasteiger partial charge is 0.344 e. The van der Waals surface area contributed by atoms with Crippen LogP contribution in [0.15, 0.2) is 53.6 Å². The maximum absolute atomic E-state index is 13.5. The van der Waals surface area contributed by atoms with E-state index in [-0.39, 0.29) is 23.9 Å². The van der Waals surface area contributed by atoms with Crippen LogP contribution in [0.4, 0.5) is 27.8 Å². The van der Waals surface area contributed by atoms with E-state index in [1.807, 2.05) is 0 Å². The number of pyridine rings is 1. The quantitative estimate of drug-likeness (QED) is 0.319. The largest absolute Gasteiger partial charge is 0.435 e. The Labute approximate surface area is 216 Å². The zero-order chi connectivity index (χ0) is 27.5. The summed E-state index contributed by atoms with van der Waals surface area (Å²) >= 11 is 0. The van der Waals surface area contributed by atoms with Crippen LogP contribution in [0.1, 0.15) is 17.0 Å². The third-order valence-electron chi connectivity index (χ3n) is 6.40. The number of benzene rings is 1. The molecule has 200 valence electrons. The molecule has 6 rings (SSSR count). The van der Waals surface area contributed by atoms with Crippen LogP contribution >= 0.6 is 0 Å². The molecule has 0 spiro atoms. The van der Waals surface area contributed by atoms with Crippen LogP contribution in [0.5, 0.6) is 0 Å². The lowest BCUT2D eigenvalue weighted by atomic mass is 10.1. The molecule has 14 heteroatoms. The minimum absolute atomic E-state index is 0.0815. The van der Waals surface area contributed by atoms with E-state index in [2.05, 4.69) is 29.9 Å². The molecule has 39 heavy (non-hydrogen) atoms. The van der Waals surface area contributed by atoms with Crippen molar-refractivity contribution in [3.05, 3.63) is 76.2 Å². The van der Waals surface area contributed by atoms with Crippen molar-refractivity contribution in [2.45, 2.75) is 25.6 Å². The number of anilines is 1. The minimum Gasteiger partial charge on any atom is -0.344 e. The number of aromatic nitrogens is 7. The second-order valence-electron chi connectivity index (χ2n) is 9.29. The highest BCUT2D eigenvalue weighted by Gasteiger charge is 2.45. The third-order valence-corrected chi connectivity index (χ3v) is 6.40. The second kappa shape index (κ2) is 8.71. The van der Waals surface area contributed by atoms with Crippen LogP contribution in [-0.2, 0) is 12.7 Å². The predicted molar refractivity (Wildman–Crippen MR) is 131 cm³/mol. The average Bonchev–Trinajstić information content (AvgIpc) is 3.42. The van der Waals surface area contributed by atoms with Crippen molar-refractivity contribution in [2.24, 2.45) is 0 Å². The fraction of sp³-hybridized carbons (Fsp3) is 0.240. The van der Waals surface area contributed by atoms with Gasteiger partial charge in [0.25, 0.3) is 5.92 Å². The van der Waals surface area contributed by atoms with Crippen LogP contribution in [0.25, 0.3) is 33.9 Å². The molecule has 4 aromatic heterocycles. The van der Waals surface area contributed by atoms with Gasteiger partial charge in [0.2, 0.25) is 0 Å². The van der Waals surface area contributed by atoms with Crippen molar-refractivity contribution < 1.29 is 22.0 Å². The van der Waals surface area contributed by atoms with Gasteiger partial charge in [-0.25, -0.2) is 33.5 Å². The Morgan fingerprint density at radius 2 is 1.77 bits per heavy atom. The molecule has 0 unspecified atom stereocenters. The summed E-state index contributed by atoms with van der Waals surface area (Å²) in [5, 5.41) is 0. The van der Waals surface area contributed by atoms with E-state index in [1.54, 1.807) is 36.4 Å². The molecular weight excluding hydrogens is 523 g/mol. The first-order valence-electron chi connectivity index (χ1n) is 11.8. The number of aryl methyl sites for hydroxylation is 1. The molecule has 0 bridgehead atoms. The first-order valence-corrected chi connectivity index (χ1v) is 11.8. The molecule has 1 aliphatic heterocycles. The number of imidazole rings is 2. The van der Waals surface area contributed by atoms with Gasteiger partial charge >= 0.3 is 11.9 Å². The molecule has 1 saturated heterocycles. The number of fused-ring (bicyclic) bond motifs is 1. The van der Waals surface area contributed by atoms with Crippen LogP contribution in [0, 0.1) is 6.92 Å². The summed E-state index contributed by atoms with van der Waals surface area (Å²) in [6.07, 6.45) is -1.62. The lowest BCUT2D eigenvalue weighted by molar-refractivity contribution is -0.141. The molecular formula is C25H19F5N8O. The average molecular weight is 542 g/mol. The molecule has 1 fully saturated rings. The van der Waals surface area contributed by atoms with Crippen LogP contribution in [0.3, 0.4) is 0 Å². The molecule has 1 aliphatic rings. The van der Waals surface area contributed by atoms with Crippen molar-refractivity contribution in [3.63, 3.8) is 0 Å². The van der Waals surface area contributed by atoms with E-state index < -0.39 is 36.6 Å². The number of nitrogens with zero attached hydrogens (tertiary/aromatic N) is 6. The van der Waals surface area contributed by atoms with E-state index in [0.717, 1.165) is 0 Å². The van der Waals surface area contributed by atoms with Crippen molar-refractivity contribution in [1.29, 1.82) is 0 Å². The van der Waals surface area contributed by atoms with Gasteiger partial charge in [0.15, 0.2) is 17.2 Å². The first-order chi connectivity index (χ1) is 18.5. The fourth-order valence-electron chi connectivity index (χ4n) is 4.53. The van der Waals surface area contributed by atoms with E-state index >= 15 is 0 Å². The van der Waals surface area contributed by atoms with Gasteiger partial charge < -0.3 is 14.9 Å². The molecule has 0 saturated carbocycles. The molecule has 9 nitrogen and oxygen atoms in total. The zero-order valence-corrected chi connectivity index (χ0v) is 20.2. The van der Waals surface area contributed by atoms with Gasteiger partial charge in [0, 0.05) is 17.5 Å². The SMILES string of the molecule is Cc1[nH]c(-c2ccc(Cn3c(=O)[nH]c4cnc(-c5cccnc5N5CC(F)(F)C5)nc43)cc2)nc1C(F)(F)F. The number of aromatic amines is 2. The number of nitrogens with one attached hydrogen (secondary N) is 2. The topological polar surface area (TPSA) is 108 Å². The number of H-pyrrole nitrogens is 2. The van der Waals surface area contributed by atoms with Gasteiger partial charge in [-0.15, -0.1) is 0 Å². The van der Waals surface area contributed by atoms with Gasteiger partial charge in [0.1, 0.15) is 17.2 Å². The van der Waals surface area contributed by atoms with Gasteiger partial charge in [-0.1, -0.05) is 24.3 Å². The summed E-state index contributed by atoms with van der Waals surface area (Å²) in [7, 11) is 0. The molecule has 5 heterocycles. The molecule has 0 radical (unpaired) electrons. The van der Waals surface area contributed by atoms with Crippen LogP contribution in [-0.4, -0.2) is 53.5 Å². The van der Waals surface area contributed by atoms with Crippen LogP contribution in [0.2, 0.25) is 0 Å². The Balaban J connectivity index is 1.30. The summed E-state index contributed by atoms with van der Waals surface area (Å²) in [4.78, 5) is 36.3. The first kappa shape index (κ1) is 24.7. The van der Waals surface area contributed by atoms with E-state index in [4.69, 9.17) is 0 Å². The highest BCUT2D eigenvalue weighted by Crippen LogP contribution is 2.36. The normalized spacial score (nSPS) is 15.1. The van der Waals surface area contributed by atoms with Crippen molar-refractivity contribution in [3.8, 4) is 22.8 Å². The monoisotopic (exact) mass is 542 g/mol. The molecule has 0 amide bonds. The van der Waals surface area contributed by atoms with Crippen LogP contribution < -0.4 is 10.6 Å². The van der Waals surface area contributed by atoms with E-state index in [1.165, 1.54) is 28.8 Å². The number of halogens is 5. The molecule has 0 aliphatic carbocycles. The lowest BCUT2D eigenvalue weighted by Gasteiger charge is -2.40. The number of alkyl halides is 5. The number of hydrogen-bond acceptors (Lipinski definition) is 6. The lowest BCUT2D eigenvalue weighted by Crippen LogP contribution is -2.56. The summed E-state index contributed by atoms with van der Waals surface area (Å²) in [5.74, 6) is -2.16. The standard InChI is InChI=1S/C25H19F5N8O/c1-13-18(25(28,29)30)35-19(33-13)15-6-4-14(5-7-15)10-38-22-17(34-23(38)39)9-32-20(36-22)16-3-2-8-31-21(16)37-11-24(26,27)12-37/h2-9H,10-12H2,1H3,(H,33,35)(H,34,39). The van der Waals surface area contributed by atoms with E-state index in [0.29, 0.717) is 33.7 Å². The van der Waals surface area contributed by atoms with Gasteiger partial charge in [-0.3, -0.25) is 4.57 Å². The molecule has 5 aromatic rings. The minimum atomic E-state index is -4.56. The molecule has 2 N–H and O–H groups in total. The highest BCUT2D eigenvalue weighted by atomic mass is 19.4. The summed E-state index contributed by atoms with van der Waals surface area (Å²) in [6.45, 7) is 0.498. The maximum atomic E-state index is 13.5. The van der Waals surface area contributed by atoms with Gasteiger partial charge in [-0.2, -0.15) is 13.2 Å². The Kier molecular flexibility index (Phi) is 5.52. The number of hydrogen-bond donors (Lipinski definition) is 2. The van der Waals surface area contributed by atoms with Crippen molar-refractivity contribution in [2.75, 3.05) is 18.0 Å². The Morgan fingerprint density at radius 1 is 1.03 bits per heavy atom. The summed E-state index contributed by atoms with van der Waals surface area (Å²) < 4.78 is 67.7. The highest BCUT2D eigenvalue weighted by molar-refractivity contribution is 5.77. The second-order valence-corrected chi connectivity index (χ2v) is 9.29. The van der Waals surface area contributed by atoms with Gasteiger partial charge in [0.05, 0.1) is 31.4 Å². The number of rotatable bonds is 5. The van der Waals surface area contributed by atoms with Gasteiger partial charge in [-0.05, 0) is 24.6 Å². The Hall–Kier alpha value is -4.62. The third kappa shape index (κ3) is 4.51. The van der Waals surface area contributed by atoms with Crippen molar-refractivity contribution >= 4 is 17.0 Å². The Morgan fingerprint density at radius 3 is 2.44 bits per heavy atom. The molecule has 1 aromatic carbocycles. The summed E-state index contributed by atoms with van der Waals surface area (Å²) in [5.41, 5.74) is 0.780. The maximum Gasteiger partial charge on any atom is 0.435 e. The fourth-order valence-corrected chi connectivity index (χ4v) is 4.53. The summed E-state index contributed by atoms with van der Waals surface area (Å²) in [6, 6.07) is 9.90. The predicted octanol–water partition coefficient (Wildman–Crippen LogP) is 4.40. The molecule has 0 atom stereocenters. The van der Waals surface area contributed by atoms with Crippen molar-refractivity contribution in [1.82, 2.24) is 34.5 Å².